The number of carboxylic acids is 1. The third-order valence-corrected chi connectivity index (χ3v) is 3.65. The molecule has 1 aliphatic rings. The van der Waals surface area contributed by atoms with Crippen molar-refractivity contribution in [3.63, 3.8) is 0 Å². The van der Waals surface area contributed by atoms with Gasteiger partial charge in [0.1, 0.15) is 0 Å². The second kappa shape index (κ2) is 9.45. The molecule has 0 aromatic heterocycles. The molecule has 1 fully saturated rings. The Morgan fingerprint density at radius 1 is 1.20 bits per heavy atom. The molecule has 120 valence electrons. The Balaban J connectivity index is 0.00000361. The zero-order valence-electron chi connectivity index (χ0n) is 11.4. The number of hydrogen-bond acceptors (Lipinski definition) is 2. The molecule has 0 aliphatic heterocycles. The van der Waals surface area contributed by atoms with Crippen LogP contribution in [0.2, 0.25) is 0 Å². The molecule has 0 aromatic rings. The Labute approximate surface area is 123 Å². The van der Waals surface area contributed by atoms with E-state index in [-0.39, 0.29) is 25.2 Å². The number of unbranched alkanes of at least 4 members (excludes halogenated alkanes) is 1. The topological polar surface area (TPSA) is 49.3 Å². The van der Waals surface area contributed by atoms with Crippen molar-refractivity contribution in [1.29, 1.82) is 0 Å². The van der Waals surface area contributed by atoms with Gasteiger partial charge in [0.05, 0.1) is 0 Å². The van der Waals surface area contributed by atoms with Gasteiger partial charge in [0.2, 0.25) is 0 Å². The number of carboxylic acid groups (broad SMARTS) is 1. The van der Waals surface area contributed by atoms with Crippen LogP contribution < -0.4 is 5.32 Å². The number of hydrogen-bond donors (Lipinski definition) is 2. The minimum Gasteiger partial charge on any atom is -0.481 e. The maximum atomic E-state index is 12.4. The maximum absolute atomic E-state index is 12.4. The first-order valence-electron chi connectivity index (χ1n) is 6.94. The molecule has 0 bridgehead atoms. The number of halogens is 4. The van der Waals surface area contributed by atoms with Crippen LogP contribution in [-0.2, 0) is 4.79 Å². The van der Waals surface area contributed by atoms with E-state index in [1.54, 1.807) is 0 Å². The van der Waals surface area contributed by atoms with Gasteiger partial charge in [-0.2, -0.15) is 13.2 Å². The van der Waals surface area contributed by atoms with Crippen molar-refractivity contribution >= 4 is 18.4 Å². The second-order valence-corrected chi connectivity index (χ2v) is 5.22. The number of alkyl halides is 3. The Hall–Kier alpha value is -0.490. The molecule has 3 nitrogen and oxygen atoms in total. The SMILES string of the molecule is Cl.O=C(O)[C@@H](CCCCNC1CCCCC1)C(F)(F)F. The van der Waals surface area contributed by atoms with Gasteiger partial charge in [-0.1, -0.05) is 25.7 Å². The Morgan fingerprint density at radius 2 is 1.80 bits per heavy atom. The average Bonchev–Trinajstić information content (AvgIpc) is 2.32. The molecule has 0 saturated heterocycles. The predicted octanol–water partition coefficient (Wildman–Crippen LogP) is 3.76. The molecule has 1 aliphatic carbocycles. The van der Waals surface area contributed by atoms with E-state index >= 15 is 0 Å². The number of aliphatic carboxylic acids is 1. The van der Waals surface area contributed by atoms with Crippen LogP contribution in [0.5, 0.6) is 0 Å². The van der Waals surface area contributed by atoms with E-state index < -0.39 is 18.1 Å². The quantitative estimate of drug-likeness (QED) is 0.703. The molecule has 1 atom stereocenters. The highest BCUT2D eigenvalue weighted by molar-refractivity contribution is 5.85. The van der Waals surface area contributed by atoms with Gasteiger partial charge < -0.3 is 10.4 Å². The van der Waals surface area contributed by atoms with E-state index in [1.807, 2.05) is 0 Å². The lowest BCUT2D eigenvalue weighted by Gasteiger charge is -2.23. The van der Waals surface area contributed by atoms with Gasteiger partial charge in [0, 0.05) is 6.04 Å². The van der Waals surface area contributed by atoms with Crippen LogP contribution in [0.25, 0.3) is 0 Å². The van der Waals surface area contributed by atoms with Gasteiger partial charge in [-0.3, -0.25) is 4.79 Å². The number of nitrogens with one attached hydrogen (secondary N) is 1. The molecule has 0 radical (unpaired) electrons. The molecular weight excluding hydrogens is 295 g/mol. The summed E-state index contributed by atoms with van der Waals surface area (Å²) in [6, 6.07) is 0.492. The summed E-state index contributed by atoms with van der Waals surface area (Å²) in [6.07, 6.45) is 1.89. The highest BCUT2D eigenvalue weighted by atomic mass is 35.5. The molecule has 1 rings (SSSR count). The van der Waals surface area contributed by atoms with Gasteiger partial charge in [-0.15, -0.1) is 12.4 Å². The van der Waals surface area contributed by atoms with E-state index in [0.717, 1.165) is 12.8 Å². The van der Waals surface area contributed by atoms with Crippen LogP contribution in [0.3, 0.4) is 0 Å². The predicted molar refractivity (Wildman–Crippen MR) is 73.2 cm³/mol. The summed E-state index contributed by atoms with van der Waals surface area (Å²) in [5.41, 5.74) is 0. The summed E-state index contributed by atoms with van der Waals surface area (Å²) >= 11 is 0. The smallest absolute Gasteiger partial charge is 0.402 e. The van der Waals surface area contributed by atoms with E-state index in [1.165, 1.54) is 19.3 Å². The fourth-order valence-electron chi connectivity index (χ4n) is 2.51. The van der Waals surface area contributed by atoms with Gasteiger partial charge in [0.15, 0.2) is 5.92 Å². The van der Waals surface area contributed by atoms with E-state index in [0.29, 0.717) is 19.0 Å². The van der Waals surface area contributed by atoms with Crippen LogP contribution in [-0.4, -0.2) is 29.8 Å². The van der Waals surface area contributed by atoms with E-state index in [2.05, 4.69) is 5.32 Å². The Bertz CT molecular complexity index is 281. The molecule has 0 spiro atoms. The zero-order chi connectivity index (χ0) is 14.3. The normalized spacial score (nSPS) is 18.4. The van der Waals surface area contributed by atoms with Crippen LogP contribution in [0.4, 0.5) is 13.2 Å². The van der Waals surface area contributed by atoms with Crippen molar-refractivity contribution in [2.45, 2.75) is 63.6 Å². The lowest BCUT2D eigenvalue weighted by molar-refractivity contribution is -0.194. The van der Waals surface area contributed by atoms with Crippen LogP contribution in [0.15, 0.2) is 0 Å². The monoisotopic (exact) mass is 317 g/mol. The molecule has 0 aromatic carbocycles. The Kier molecular flexibility index (Phi) is 9.22. The average molecular weight is 318 g/mol. The first-order chi connectivity index (χ1) is 8.91. The summed E-state index contributed by atoms with van der Waals surface area (Å²) in [5.74, 6) is -3.99. The molecule has 1 saturated carbocycles. The first kappa shape index (κ1) is 19.5. The fraction of sp³-hybridized carbons (Fsp3) is 0.923. The summed E-state index contributed by atoms with van der Waals surface area (Å²) in [7, 11) is 0. The van der Waals surface area contributed by atoms with Crippen molar-refractivity contribution in [3.05, 3.63) is 0 Å². The summed E-state index contributed by atoms with van der Waals surface area (Å²) < 4.78 is 37.1. The molecule has 0 heterocycles. The van der Waals surface area contributed by atoms with Crippen molar-refractivity contribution in [2.24, 2.45) is 5.92 Å². The minimum absolute atomic E-state index is 0. The second-order valence-electron chi connectivity index (χ2n) is 5.22. The standard InChI is InChI=1S/C13H22F3NO2.ClH/c14-13(15,16)11(12(18)19)8-4-5-9-17-10-6-2-1-3-7-10;/h10-11,17H,1-9H2,(H,18,19);1H/t11-;/m1./s1. The van der Waals surface area contributed by atoms with Crippen molar-refractivity contribution < 1.29 is 23.1 Å². The minimum atomic E-state index is -4.64. The lowest BCUT2D eigenvalue weighted by atomic mass is 9.95. The van der Waals surface area contributed by atoms with Crippen LogP contribution >= 0.6 is 12.4 Å². The van der Waals surface area contributed by atoms with Crippen molar-refractivity contribution in [2.75, 3.05) is 6.54 Å². The number of carbonyl (C=O) groups is 1. The zero-order valence-corrected chi connectivity index (χ0v) is 12.2. The molecule has 0 amide bonds. The lowest BCUT2D eigenvalue weighted by Crippen LogP contribution is -2.32. The Morgan fingerprint density at radius 3 is 2.30 bits per heavy atom. The highest BCUT2D eigenvalue weighted by Gasteiger charge is 2.44. The van der Waals surface area contributed by atoms with Crippen LogP contribution in [0.1, 0.15) is 51.4 Å². The van der Waals surface area contributed by atoms with Crippen molar-refractivity contribution in [3.8, 4) is 0 Å². The molecule has 0 unspecified atom stereocenters. The molecule has 7 heteroatoms. The first-order valence-corrected chi connectivity index (χ1v) is 6.94. The third kappa shape index (κ3) is 7.33. The van der Waals surface area contributed by atoms with Gasteiger partial charge >= 0.3 is 12.1 Å². The largest absolute Gasteiger partial charge is 0.481 e. The summed E-state index contributed by atoms with van der Waals surface area (Å²) in [5, 5.41) is 11.9. The number of rotatable bonds is 7. The van der Waals surface area contributed by atoms with Gasteiger partial charge in [-0.05, 0) is 32.2 Å². The third-order valence-electron chi connectivity index (χ3n) is 3.65. The molecular formula is C13H23ClF3NO2. The maximum Gasteiger partial charge on any atom is 0.402 e. The van der Waals surface area contributed by atoms with Crippen LogP contribution in [0, 0.1) is 5.92 Å². The molecule has 2 N–H and O–H groups in total. The van der Waals surface area contributed by atoms with Gasteiger partial charge in [0.25, 0.3) is 0 Å². The highest BCUT2D eigenvalue weighted by Crippen LogP contribution is 2.30. The fourth-order valence-corrected chi connectivity index (χ4v) is 2.51. The van der Waals surface area contributed by atoms with Crippen molar-refractivity contribution in [1.82, 2.24) is 5.32 Å². The van der Waals surface area contributed by atoms with E-state index in [4.69, 9.17) is 5.11 Å². The van der Waals surface area contributed by atoms with Gasteiger partial charge in [-0.25, -0.2) is 0 Å². The summed E-state index contributed by atoms with van der Waals surface area (Å²) in [6.45, 7) is 0.675. The molecule has 20 heavy (non-hydrogen) atoms. The van der Waals surface area contributed by atoms with E-state index in [9.17, 15) is 18.0 Å². The summed E-state index contributed by atoms with van der Waals surface area (Å²) in [4.78, 5) is 10.5.